The zero-order valence-corrected chi connectivity index (χ0v) is 7.74. The van der Waals surface area contributed by atoms with Crippen LogP contribution in [0.3, 0.4) is 0 Å². The van der Waals surface area contributed by atoms with Gasteiger partial charge in [-0.25, -0.2) is 8.78 Å². The molecule has 0 fully saturated rings. The Morgan fingerprint density at radius 3 is 2.47 bits per heavy atom. The van der Waals surface area contributed by atoms with Crippen molar-refractivity contribution < 1.29 is 8.78 Å². The summed E-state index contributed by atoms with van der Waals surface area (Å²) >= 11 is 0. The highest BCUT2D eigenvalue weighted by Crippen LogP contribution is 2.22. The van der Waals surface area contributed by atoms with E-state index in [0.29, 0.717) is 11.1 Å². The average molecular weight is 206 g/mol. The first-order valence-corrected chi connectivity index (χ1v) is 4.33. The number of nitrogens with zero attached hydrogens (tertiary/aromatic N) is 1. The van der Waals surface area contributed by atoms with Gasteiger partial charge in [0.15, 0.2) is 0 Å². The highest BCUT2D eigenvalue weighted by atomic mass is 19.1. The molecule has 4 heteroatoms. The Morgan fingerprint density at radius 2 is 1.80 bits per heavy atom. The fourth-order valence-corrected chi connectivity index (χ4v) is 1.28. The Kier molecular flexibility index (Phi) is 2.33. The van der Waals surface area contributed by atoms with E-state index in [2.05, 4.69) is 4.98 Å². The van der Waals surface area contributed by atoms with E-state index < -0.39 is 11.6 Å². The third-order valence-electron chi connectivity index (χ3n) is 2.04. The number of hydrogen-bond donors (Lipinski definition) is 1. The number of nitrogen functional groups attached to an aromatic ring is 1. The molecule has 2 rings (SSSR count). The fraction of sp³-hybridized carbons (Fsp3) is 0. The van der Waals surface area contributed by atoms with Crippen LogP contribution in [0, 0.1) is 11.6 Å². The molecular weight excluding hydrogens is 198 g/mol. The van der Waals surface area contributed by atoms with Crippen LogP contribution < -0.4 is 5.73 Å². The normalized spacial score (nSPS) is 10.3. The zero-order chi connectivity index (χ0) is 10.8. The quantitative estimate of drug-likeness (QED) is 0.728. The Bertz CT molecular complexity index is 498. The summed E-state index contributed by atoms with van der Waals surface area (Å²) in [6.07, 6.45) is 2.56. The highest BCUT2D eigenvalue weighted by molar-refractivity contribution is 5.64. The number of hydrogen-bond acceptors (Lipinski definition) is 2. The molecule has 1 heterocycles. The minimum Gasteiger partial charge on any atom is -0.396 e. The van der Waals surface area contributed by atoms with E-state index in [-0.39, 0.29) is 5.69 Å². The lowest BCUT2D eigenvalue weighted by Gasteiger charge is -2.02. The van der Waals surface area contributed by atoms with E-state index in [1.807, 2.05) is 0 Å². The van der Waals surface area contributed by atoms with E-state index in [0.717, 1.165) is 6.20 Å². The maximum atomic E-state index is 13.1. The molecule has 0 unspecified atom stereocenters. The molecule has 2 nitrogen and oxygen atoms in total. The van der Waals surface area contributed by atoms with Gasteiger partial charge >= 0.3 is 0 Å². The molecule has 0 radical (unpaired) electrons. The summed E-state index contributed by atoms with van der Waals surface area (Å²) in [7, 11) is 0. The summed E-state index contributed by atoms with van der Waals surface area (Å²) < 4.78 is 26.0. The van der Waals surface area contributed by atoms with Gasteiger partial charge in [-0.05, 0) is 23.8 Å². The van der Waals surface area contributed by atoms with Crippen molar-refractivity contribution in [3.8, 4) is 11.1 Å². The van der Waals surface area contributed by atoms with Gasteiger partial charge in [0, 0.05) is 11.8 Å². The van der Waals surface area contributed by atoms with Crippen LogP contribution in [0.1, 0.15) is 0 Å². The van der Waals surface area contributed by atoms with Gasteiger partial charge in [0.05, 0.1) is 11.9 Å². The molecule has 0 saturated carbocycles. The van der Waals surface area contributed by atoms with Crippen LogP contribution >= 0.6 is 0 Å². The van der Waals surface area contributed by atoms with Crippen molar-refractivity contribution in [3.63, 3.8) is 0 Å². The second-order valence-corrected chi connectivity index (χ2v) is 3.13. The average Bonchev–Trinajstić information content (AvgIpc) is 2.22. The summed E-state index contributed by atoms with van der Waals surface area (Å²) in [6.45, 7) is 0. The molecule has 0 saturated heterocycles. The molecule has 1 aromatic carbocycles. The molecule has 0 aliphatic rings. The van der Waals surface area contributed by atoms with Gasteiger partial charge in [-0.15, -0.1) is 0 Å². The number of pyridine rings is 1. The smallest absolute Gasteiger partial charge is 0.146 e. The Hall–Kier alpha value is -1.97. The largest absolute Gasteiger partial charge is 0.396 e. The first-order chi connectivity index (χ1) is 7.16. The first-order valence-electron chi connectivity index (χ1n) is 4.33. The standard InChI is InChI=1S/C11H8F2N2/c12-9-3-8(5-15-6-9)7-1-2-11(14)10(13)4-7/h1-6H,14H2. The molecule has 0 atom stereocenters. The van der Waals surface area contributed by atoms with Crippen molar-refractivity contribution in [2.24, 2.45) is 0 Å². The summed E-state index contributed by atoms with van der Waals surface area (Å²) in [6, 6.07) is 5.61. The number of benzene rings is 1. The lowest BCUT2D eigenvalue weighted by Crippen LogP contribution is -1.91. The number of aromatic nitrogens is 1. The Labute approximate surface area is 85.4 Å². The summed E-state index contributed by atoms with van der Waals surface area (Å²) in [4.78, 5) is 3.68. The van der Waals surface area contributed by atoms with E-state index in [1.165, 1.54) is 24.4 Å². The third-order valence-corrected chi connectivity index (χ3v) is 2.04. The van der Waals surface area contributed by atoms with Crippen LogP contribution in [0.15, 0.2) is 36.7 Å². The lowest BCUT2D eigenvalue weighted by atomic mass is 10.1. The van der Waals surface area contributed by atoms with Gasteiger partial charge in [-0.2, -0.15) is 0 Å². The fourth-order valence-electron chi connectivity index (χ4n) is 1.28. The van der Waals surface area contributed by atoms with Gasteiger partial charge in [0.2, 0.25) is 0 Å². The van der Waals surface area contributed by atoms with Gasteiger partial charge in [0.1, 0.15) is 11.6 Å². The van der Waals surface area contributed by atoms with E-state index >= 15 is 0 Å². The predicted octanol–water partition coefficient (Wildman–Crippen LogP) is 2.61. The third kappa shape index (κ3) is 1.93. The molecule has 0 aliphatic heterocycles. The van der Waals surface area contributed by atoms with E-state index in [4.69, 9.17) is 5.73 Å². The molecule has 15 heavy (non-hydrogen) atoms. The van der Waals surface area contributed by atoms with Crippen molar-refractivity contribution in [3.05, 3.63) is 48.3 Å². The van der Waals surface area contributed by atoms with Gasteiger partial charge in [-0.1, -0.05) is 6.07 Å². The minimum absolute atomic E-state index is 0.0723. The van der Waals surface area contributed by atoms with Crippen molar-refractivity contribution in [2.75, 3.05) is 5.73 Å². The number of rotatable bonds is 1. The molecular formula is C11H8F2N2. The monoisotopic (exact) mass is 206 g/mol. The summed E-state index contributed by atoms with van der Waals surface area (Å²) in [5, 5.41) is 0. The van der Waals surface area contributed by atoms with Crippen molar-refractivity contribution in [1.29, 1.82) is 0 Å². The molecule has 0 bridgehead atoms. The van der Waals surface area contributed by atoms with Crippen LogP contribution in [-0.4, -0.2) is 4.98 Å². The predicted molar refractivity (Wildman–Crippen MR) is 54.0 cm³/mol. The summed E-state index contributed by atoms with van der Waals surface area (Å²) in [5.74, 6) is -0.971. The molecule has 0 spiro atoms. The van der Waals surface area contributed by atoms with Crippen LogP contribution in [0.25, 0.3) is 11.1 Å². The van der Waals surface area contributed by atoms with Gasteiger partial charge < -0.3 is 5.73 Å². The van der Waals surface area contributed by atoms with Crippen molar-refractivity contribution in [1.82, 2.24) is 4.98 Å². The Balaban J connectivity index is 2.50. The van der Waals surface area contributed by atoms with Crippen molar-refractivity contribution >= 4 is 5.69 Å². The van der Waals surface area contributed by atoms with Crippen LogP contribution in [0.2, 0.25) is 0 Å². The van der Waals surface area contributed by atoms with E-state index in [1.54, 1.807) is 6.07 Å². The van der Waals surface area contributed by atoms with Crippen LogP contribution in [0.4, 0.5) is 14.5 Å². The van der Waals surface area contributed by atoms with Crippen LogP contribution in [-0.2, 0) is 0 Å². The highest BCUT2D eigenvalue weighted by Gasteiger charge is 2.03. The maximum Gasteiger partial charge on any atom is 0.146 e. The van der Waals surface area contributed by atoms with Crippen molar-refractivity contribution in [2.45, 2.75) is 0 Å². The second-order valence-electron chi connectivity index (χ2n) is 3.13. The molecule has 2 aromatic rings. The first kappa shape index (κ1) is 9.58. The second kappa shape index (κ2) is 3.65. The molecule has 2 N–H and O–H groups in total. The summed E-state index contributed by atoms with van der Waals surface area (Å²) in [5.41, 5.74) is 6.48. The topological polar surface area (TPSA) is 38.9 Å². The molecule has 1 aromatic heterocycles. The minimum atomic E-state index is -0.517. The molecule has 76 valence electrons. The van der Waals surface area contributed by atoms with Gasteiger partial charge in [0.25, 0.3) is 0 Å². The number of halogens is 2. The van der Waals surface area contributed by atoms with Gasteiger partial charge in [-0.3, -0.25) is 4.98 Å². The zero-order valence-electron chi connectivity index (χ0n) is 7.74. The number of anilines is 1. The molecule has 0 amide bonds. The van der Waals surface area contributed by atoms with Crippen LogP contribution in [0.5, 0.6) is 0 Å². The Morgan fingerprint density at radius 1 is 1.00 bits per heavy atom. The molecule has 0 aliphatic carbocycles. The SMILES string of the molecule is Nc1ccc(-c2cncc(F)c2)cc1F. The van der Waals surface area contributed by atoms with E-state index in [9.17, 15) is 8.78 Å². The lowest BCUT2D eigenvalue weighted by molar-refractivity contribution is 0.621. The number of nitrogens with two attached hydrogens (primary N) is 1. The maximum absolute atomic E-state index is 13.1.